The molecule has 1 amide bonds. The molecular formula is C16H16N2O4. The molecule has 1 N–H and O–H groups in total. The van der Waals surface area contributed by atoms with Gasteiger partial charge in [0, 0.05) is 17.8 Å². The van der Waals surface area contributed by atoms with Crippen LogP contribution in [0.2, 0.25) is 0 Å². The molecule has 0 spiro atoms. The number of hydrogen-bond donors (Lipinski definition) is 1. The van der Waals surface area contributed by atoms with Crippen LogP contribution in [0.15, 0.2) is 54.6 Å². The van der Waals surface area contributed by atoms with Crippen molar-refractivity contribution in [1.82, 2.24) is 0 Å². The van der Waals surface area contributed by atoms with E-state index in [2.05, 4.69) is 5.32 Å². The van der Waals surface area contributed by atoms with Crippen molar-refractivity contribution in [2.45, 2.75) is 19.4 Å². The Balaban J connectivity index is 2.01. The van der Waals surface area contributed by atoms with Crippen LogP contribution in [0, 0.1) is 10.1 Å². The second-order valence-corrected chi connectivity index (χ2v) is 4.62. The predicted molar refractivity (Wildman–Crippen MR) is 82.9 cm³/mol. The van der Waals surface area contributed by atoms with E-state index in [9.17, 15) is 14.9 Å². The second-order valence-electron chi connectivity index (χ2n) is 4.62. The third-order valence-corrected chi connectivity index (χ3v) is 3.03. The molecule has 1 unspecified atom stereocenters. The highest BCUT2D eigenvalue weighted by Gasteiger charge is 2.18. The summed E-state index contributed by atoms with van der Waals surface area (Å²) in [5.41, 5.74) is 0.469. The Kier molecular flexibility index (Phi) is 5.08. The minimum Gasteiger partial charge on any atom is -0.481 e. The average Bonchev–Trinajstić information content (AvgIpc) is 2.54. The second kappa shape index (κ2) is 7.21. The van der Waals surface area contributed by atoms with Gasteiger partial charge in [0.05, 0.1) is 4.92 Å². The number of hydrogen-bond acceptors (Lipinski definition) is 4. The summed E-state index contributed by atoms with van der Waals surface area (Å²) in [5, 5.41) is 13.3. The number of amides is 1. The van der Waals surface area contributed by atoms with Crippen molar-refractivity contribution >= 4 is 17.3 Å². The van der Waals surface area contributed by atoms with Crippen molar-refractivity contribution in [2.75, 3.05) is 5.32 Å². The number of para-hydroxylation sites is 1. The van der Waals surface area contributed by atoms with Crippen LogP contribution >= 0.6 is 0 Å². The normalized spacial score (nSPS) is 11.5. The highest BCUT2D eigenvalue weighted by molar-refractivity contribution is 5.94. The molecule has 6 nitrogen and oxygen atoms in total. The lowest BCUT2D eigenvalue weighted by Gasteiger charge is -2.17. The number of anilines is 1. The van der Waals surface area contributed by atoms with E-state index in [1.165, 1.54) is 24.3 Å². The SMILES string of the molecule is CCC(Oc1ccccc1)C(=O)Nc1ccc([N+](=O)[O-])cc1. The average molecular weight is 300 g/mol. The van der Waals surface area contributed by atoms with Crippen LogP contribution in [0.5, 0.6) is 5.75 Å². The molecule has 2 aromatic carbocycles. The lowest BCUT2D eigenvalue weighted by Crippen LogP contribution is -2.32. The van der Waals surface area contributed by atoms with E-state index < -0.39 is 11.0 Å². The fourth-order valence-electron chi connectivity index (χ4n) is 1.87. The minimum absolute atomic E-state index is 0.0226. The Morgan fingerprint density at radius 3 is 2.36 bits per heavy atom. The summed E-state index contributed by atoms with van der Waals surface area (Å²) in [6.07, 6.45) is -0.120. The summed E-state index contributed by atoms with van der Waals surface area (Å²) in [4.78, 5) is 22.3. The van der Waals surface area contributed by atoms with Gasteiger partial charge in [0.2, 0.25) is 0 Å². The van der Waals surface area contributed by atoms with Crippen LogP contribution in [-0.2, 0) is 4.79 Å². The number of rotatable bonds is 6. The van der Waals surface area contributed by atoms with Gasteiger partial charge in [-0.3, -0.25) is 14.9 Å². The highest BCUT2D eigenvalue weighted by Crippen LogP contribution is 2.17. The number of nitro benzene ring substituents is 1. The lowest BCUT2D eigenvalue weighted by atomic mass is 10.2. The van der Waals surface area contributed by atoms with Gasteiger partial charge in [0.1, 0.15) is 5.75 Å². The van der Waals surface area contributed by atoms with Gasteiger partial charge in [-0.25, -0.2) is 0 Å². The molecule has 0 radical (unpaired) electrons. The number of nitrogens with zero attached hydrogens (tertiary/aromatic N) is 1. The van der Waals surface area contributed by atoms with Gasteiger partial charge in [-0.2, -0.15) is 0 Å². The Morgan fingerprint density at radius 2 is 1.82 bits per heavy atom. The first-order valence-corrected chi connectivity index (χ1v) is 6.87. The van der Waals surface area contributed by atoms with Crippen molar-refractivity contribution in [3.63, 3.8) is 0 Å². The van der Waals surface area contributed by atoms with Gasteiger partial charge in [0.15, 0.2) is 6.10 Å². The van der Waals surface area contributed by atoms with Gasteiger partial charge < -0.3 is 10.1 Å². The van der Waals surface area contributed by atoms with Crippen molar-refractivity contribution in [3.05, 3.63) is 64.7 Å². The summed E-state index contributed by atoms with van der Waals surface area (Å²) >= 11 is 0. The molecule has 1 atom stereocenters. The number of ether oxygens (including phenoxy) is 1. The van der Waals surface area contributed by atoms with E-state index in [0.717, 1.165) is 0 Å². The minimum atomic E-state index is -0.627. The van der Waals surface area contributed by atoms with Gasteiger partial charge in [-0.15, -0.1) is 0 Å². The monoisotopic (exact) mass is 300 g/mol. The van der Waals surface area contributed by atoms with Gasteiger partial charge in [-0.05, 0) is 30.7 Å². The Morgan fingerprint density at radius 1 is 1.18 bits per heavy atom. The fraction of sp³-hybridized carbons (Fsp3) is 0.188. The molecule has 0 aliphatic rings. The topological polar surface area (TPSA) is 81.5 Å². The molecule has 6 heteroatoms. The van der Waals surface area contributed by atoms with Crippen LogP contribution in [0.4, 0.5) is 11.4 Å². The molecule has 0 aromatic heterocycles. The van der Waals surface area contributed by atoms with Crippen molar-refractivity contribution in [2.24, 2.45) is 0 Å². The lowest BCUT2D eigenvalue weighted by molar-refractivity contribution is -0.384. The summed E-state index contributed by atoms with van der Waals surface area (Å²) in [6.45, 7) is 1.85. The molecule has 2 aromatic rings. The summed E-state index contributed by atoms with van der Waals surface area (Å²) in [5.74, 6) is 0.327. The van der Waals surface area contributed by atoms with Crippen molar-refractivity contribution in [3.8, 4) is 5.75 Å². The quantitative estimate of drug-likeness (QED) is 0.655. The molecule has 0 fully saturated rings. The maximum Gasteiger partial charge on any atom is 0.269 e. The smallest absolute Gasteiger partial charge is 0.269 e. The third kappa shape index (κ3) is 4.05. The number of benzene rings is 2. The number of non-ortho nitro benzene ring substituents is 1. The zero-order valence-electron chi connectivity index (χ0n) is 12.1. The molecule has 2 rings (SSSR count). The molecule has 0 bridgehead atoms. The Labute approximate surface area is 127 Å². The molecule has 0 aliphatic carbocycles. The Hall–Kier alpha value is -2.89. The standard InChI is InChI=1S/C16H16N2O4/c1-2-15(22-14-6-4-3-5-7-14)16(19)17-12-8-10-13(11-9-12)18(20)21/h3-11,15H,2H2,1H3,(H,17,19). The zero-order chi connectivity index (χ0) is 15.9. The summed E-state index contributed by atoms with van der Waals surface area (Å²) < 4.78 is 5.64. The third-order valence-electron chi connectivity index (χ3n) is 3.03. The van der Waals surface area contributed by atoms with Gasteiger partial charge in [-0.1, -0.05) is 25.1 Å². The zero-order valence-corrected chi connectivity index (χ0v) is 12.1. The number of carbonyl (C=O) groups is 1. The maximum absolute atomic E-state index is 12.2. The maximum atomic E-state index is 12.2. The van der Waals surface area contributed by atoms with E-state index in [1.807, 2.05) is 25.1 Å². The molecule has 22 heavy (non-hydrogen) atoms. The van der Waals surface area contributed by atoms with Gasteiger partial charge in [0.25, 0.3) is 11.6 Å². The van der Waals surface area contributed by atoms with E-state index in [1.54, 1.807) is 12.1 Å². The first-order valence-electron chi connectivity index (χ1n) is 6.87. The first-order chi connectivity index (χ1) is 10.6. The fourth-order valence-corrected chi connectivity index (χ4v) is 1.87. The number of nitro groups is 1. The molecular weight excluding hydrogens is 284 g/mol. The molecule has 0 heterocycles. The number of carbonyl (C=O) groups excluding carboxylic acids is 1. The van der Waals surface area contributed by atoms with Crippen LogP contribution in [0.1, 0.15) is 13.3 Å². The summed E-state index contributed by atoms with van der Waals surface area (Å²) in [7, 11) is 0. The van der Waals surface area contributed by atoms with Crippen LogP contribution < -0.4 is 10.1 Å². The van der Waals surface area contributed by atoms with E-state index >= 15 is 0 Å². The first kappa shape index (κ1) is 15.5. The molecule has 114 valence electrons. The van der Waals surface area contributed by atoms with Crippen LogP contribution in [0.3, 0.4) is 0 Å². The molecule has 0 saturated carbocycles. The highest BCUT2D eigenvalue weighted by atomic mass is 16.6. The van der Waals surface area contributed by atoms with Crippen LogP contribution in [0.25, 0.3) is 0 Å². The van der Waals surface area contributed by atoms with Gasteiger partial charge >= 0.3 is 0 Å². The summed E-state index contributed by atoms with van der Waals surface area (Å²) in [6, 6.07) is 14.8. The van der Waals surface area contributed by atoms with E-state index in [-0.39, 0.29) is 11.6 Å². The molecule has 0 saturated heterocycles. The van der Waals surface area contributed by atoms with E-state index in [0.29, 0.717) is 17.9 Å². The van der Waals surface area contributed by atoms with E-state index in [4.69, 9.17) is 4.74 Å². The predicted octanol–water partition coefficient (Wildman–Crippen LogP) is 3.39. The van der Waals surface area contributed by atoms with Crippen LogP contribution in [-0.4, -0.2) is 16.9 Å². The Bertz CT molecular complexity index is 641. The van der Waals surface area contributed by atoms with Crippen molar-refractivity contribution in [1.29, 1.82) is 0 Å². The molecule has 0 aliphatic heterocycles. The number of nitrogens with one attached hydrogen (secondary N) is 1. The largest absolute Gasteiger partial charge is 0.481 e. The van der Waals surface area contributed by atoms with Crippen molar-refractivity contribution < 1.29 is 14.5 Å².